The predicted octanol–water partition coefficient (Wildman–Crippen LogP) is 2.66. The monoisotopic (exact) mass is 262 g/mol. The molecule has 1 aromatic carbocycles. The van der Waals surface area contributed by atoms with Crippen LogP contribution < -0.4 is 10.1 Å². The summed E-state index contributed by atoms with van der Waals surface area (Å²) in [4.78, 5) is 2.56. The van der Waals surface area contributed by atoms with Crippen molar-refractivity contribution in [3.8, 4) is 5.75 Å². The van der Waals surface area contributed by atoms with Gasteiger partial charge in [-0.2, -0.15) is 0 Å². The van der Waals surface area contributed by atoms with Crippen LogP contribution in [-0.4, -0.2) is 37.2 Å². The van der Waals surface area contributed by atoms with Gasteiger partial charge in [-0.15, -0.1) is 0 Å². The number of benzene rings is 1. The number of para-hydroxylation sites is 1. The van der Waals surface area contributed by atoms with Gasteiger partial charge in [-0.25, -0.2) is 0 Å². The van der Waals surface area contributed by atoms with E-state index < -0.39 is 0 Å². The van der Waals surface area contributed by atoms with Crippen LogP contribution in [0.3, 0.4) is 0 Å². The maximum Gasteiger partial charge on any atom is 0.123 e. The molecule has 1 fully saturated rings. The van der Waals surface area contributed by atoms with E-state index in [0.717, 1.165) is 25.4 Å². The molecule has 1 aliphatic heterocycles. The first-order valence-corrected chi connectivity index (χ1v) is 7.34. The molecule has 1 aliphatic rings. The van der Waals surface area contributed by atoms with Gasteiger partial charge in [-0.1, -0.05) is 25.1 Å². The normalized spacial score (nSPS) is 24.4. The van der Waals surface area contributed by atoms with E-state index >= 15 is 0 Å². The van der Waals surface area contributed by atoms with Crippen LogP contribution in [0.1, 0.15) is 32.3 Å². The second-order valence-electron chi connectivity index (χ2n) is 5.41. The molecule has 1 saturated heterocycles. The molecular formula is C16H26N2O. The zero-order valence-corrected chi connectivity index (χ0v) is 12.4. The van der Waals surface area contributed by atoms with Gasteiger partial charge in [0, 0.05) is 30.7 Å². The topological polar surface area (TPSA) is 24.5 Å². The molecule has 2 atom stereocenters. The SMILES string of the molecule is CCNC1CCN(Cc2ccccc2OC)C(C)C1. The maximum absolute atomic E-state index is 5.44. The summed E-state index contributed by atoms with van der Waals surface area (Å²) < 4.78 is 5.44. The van der Waals surface area contributed by atoms with Crippen molar-refractivity contribution in [3.63, 3.8) is 0 Å². The fourth-order valence-corrected chi connectivity index (χ4v) is 2.98. The van der Waals surface area contributed by atoms with Crippen molar-refractivity contribution < 1.29 is 4.74 Å². The fourth-order valence-electron chi connectivity index (χ4n) is 2.98. The Kier molecular flexibility index (Phi) is 5.23. The van der Waals surface area contributed by atoms with Gasteiger partial charge in [0.15, 0.2) is 0 Å². The third-order valence-corrected chi connectivity index (χ3v) is 4.07. The molecule has 0 amide bonds. The summed E-state index contributed by atoms with van der Waals surface area (Å²) in [5.74, 6) is 1.00. The lowest BCUT2D eigenvalue weighted by Crippen LogP contribution is -2.46. The van der Waals surface area contributed by atoms with Gasteiger partial charge in [-0.3, -0.25) is 4.90 Å². The minimum atomic E-state index is 0.628. The highest BCUT2D eigenvalue weighted by atomic mass is 16.5. The lowest BCUT2D eigenvalue weighted by Gasteiger charge is -2.38. The Morgan fingerprint density at radius 3 is 2.84 bits per heavy atom. The highest BCUT2D eigenvalue weighted by molar-refractivity contribution is 5.33. The van der Waals surface area contributed by atoms with Crippen LogP contribution in [0.4, 0.5) is 0 Å². The van der Waals surface area contributed by atoms with Gasteiger partial charge in [0.25, 0.3) is 0 Å². The van der Waals surface area contributed by atoms with Gasteiger partial charge in [0.05, 0.1) is 7.11 Å². The van der Waals surface area contributed by atoms with Crippen molar-refractivity contribution in [2.75, 3.05) is 20.2 Å². The number of nitrogens with zero attached hydrogens (tertiary/aromatic N) is 1. The van der Waals surface area contributed by atoms with Crippen molar-refractivity contribution in [3.05, 3.63) is 29.8 Å². The Morgan fingerprint density at radius 1 is 1.37 bits per heavy atom. The second-order valence-corrected chi connectivity index (χ2v) is 5.41. The number of methoxy groups -OCH3 is 1. The number of ether oxygens (including phenoxy) is 1. The minimum absolute atomic E-state index is 0.628. The summed E-state index contributed by atoms with van der Waals surface area (Å²) in [6.45, 7) is 7.75. The van der Waals surface area contributed by atoms with Gasteiger partial charge in [0.1, 0.15) is 5.75 Å². The summed E-state index contributed by atoms with van der Waals surface area (Å²) in [7, 11) is 1.75. The number of piperidine rings is 1. The van der Waals surface area contributed by atoms with E-state index in [1.807, 2.05) is 12.1 Å². The van der Waals surface area contributed by atoms with Crippen molar-refractivity contribution in [2.45, 2.75) is 45.3 Å². The Balaban J connectivity index is 1.96. The van der Waals surface area contributed by atoms with E-state index in [4.69, 9.17) is 4.74 Å². The van der Waals surface area contributed by atoms with E-state index in [9.17, 15) is 0 Å². The van der Waals surface area contributed by atoms with Crippen LogP contribution in [0.15, 0.2) is 24.3 Å². The third-order valence-electron chi connectivity index (χ3n) is 4.07. The largest absolute Gasteiger partial charge is 0.496 e. The summed E-state index contributed by atoms with van der Waals surface area (Å²) in [6.07, 6.45) is 2.48. The summed E-state index contributed by atoms with van der Waals surface area (Å²) in [6, 6.07) is 9.65. The first kappa shape index (κ1) is 14.4. The van der Waals surface area contributed by atoms with Gasteiger partial charge in [0.2, 0.25) is 0 Å². The average molecular weight is 262 g/mol. The van der Waals surface area contributed by atoms with Crippen molar-refractivity contribution in [1.82, 2.24) is 10.2 Å². The quantitative estimate of drug-likeness (QED) is 0.883. The van der Waals surface area contributed by atoms with Gasteiger partial charge < -0.3 is 10.1 Å². The van der Waals surface area contributed by atoms with E-state index in [-0.39, 0.29) is 0 Å². The molecule has 1 heterocycles. The van der Waals surface area contributed by atoms with Crippen LogP contribution in [-0.2, 0) is 6.54 Å². The molecule has 106 valence electrons. The van der Waals surface area contributed by atoms with E-state index in [2.05, 4.69) is 36.2 Å². The molecular weight excluding hydrogens is 236 g/mol. The first-order chi connectivity index (χ1) is 9.24. The molecule has 2 unspecified atom stereocenters. The molecule has 0 radical (unpaired) electrons. The van der Waals surface area contributed by atoms with Crippen LogP contribution >= 0.6 is 0 Å². The van der Waals surface area contributed by atoms with Crippen molar-refractivity contribution in [2.24, 2.45) is 0 Å². The van der Waals surface area contributed by atoms with E-state index in [1.165, 1.54) is 18.4 Å². The maximum atomic E-state index is 5.44. The molecule has 3 nitrogen and oxygen atoms in total. The minimum Gasteiger partial charge on any atom is -0.496 e. The van der Waals surface area contributed by atoms with Crippen molar-refractivity contribution >= 4 is 0 Å². The van der Waals surface area contributed by atoms with Crippen LogP contribution in [0.2, 0.25) is 0 Å². The van der Waals surface area contributed by atoms with Crippen molar-refractivity contribution in [1.29, 1.82) is 0 Å². The summed E-state index contributed by atoms with van der Waals surface area (Å²) in [5.41, 5.74) is 1.29. The third kappa shape index (κ3) is 3.71. The van der Waals surface area contributed by atoms with Gasteiger partial charge >= 0.3 is 0 Å². The fraction of sp³-hybridized carbons (Fsp3) is 0.625. The predicted molar refractivity (Wildman–Crippen MR) is 79.6 cm³/mol. The second kappa shape index (κ2) is 6.92. The average Bonchev–Trinajstić information content (AvgIpc) is 2.43. The van der Waals surface area contributed by atoms with Gasteiger partial charge in [-0.05, 0) is 32.4 Å². The Hall–Kier alpha value is -1.06. The number of rotatable bonds is 5. The zero-order chi connectivity index (χ0) is 13.7. The molecule has 0 bridgehead atoms. The number of nitrogens with one attached hydrogen (secondary N) is 1. The zero-order valence-electron chi connectivity index (χ0n) is 12.4. The lowest BCUT2D eigenvalue weighted by molar-refractivity contribution is 0.128. The number of hydrogen-bond donors (Lipinski definition) is 1. The highest BCUT2D eigenvalue weighted by Crippen LogP contribution is 2.24. The van der Waals surface area contributed by atoms with Crippen LogP contribution in [0, 0.1) is 0 Å². The van der Waals surface area contributed by atoms with E-state index in [0.29, 0.717) is 12.1 Å². The number of likely N-dealkylation sites (tertiary alicyclic amines) is 1. The molecule has 19 heavy (non-hydrogen) atoms. The molecule has 1 aromatic rings. The molecule has 0 aromatic heterocycles. The van der Waals surface area contributed by atoms with E-state index in [1.54, 1.807) is 7.11 Å². The number of hydrogen-bond acceptors (Lipinski definition) is 3. The summed E-state index contributed by atoms with van der Waals surface area (Å²) in [5, 5.41) is 3.57. The van der Waals surface area contributed by atoms with Crippen LogP contribution in [0.25, 0.3) is 0 Å². The van der Waals surface area contributed by atoms with Crippen LogP contribution in [0.5, 0.6) is 5.75 Å². The molecule has 3 heteroatoms. The molecule has 0 saturated carbocycles. The highest BCUT2D eigenvalue weighted by Gasteiger charge is 2.25. The molecule has 1 N–H and O–H groups in total. The Morgan fingerprint density at radius 2 is 2.16 bits per heavy atom. The lowest BCUT2D eigenvalue weighted by atomic mass is 9.97. The smallest absolute Gasteiger partial charge is 0.123 e. The Bertz CT molecular complexity index is 394. The summed E-state index contributed by atoms with van der Waals surface area (Å²) >= 11 is 0. The molecule has 0 spiro atoms. The molecule has 0 aliphatic carbocycles. The first-order valence-electron chi connectivity index (χ1n) is 7.34. The Labute approximate surface area is 116 Å². The molecule has 2 rings (SSSR count). The standard InChI is InChI=1S/C16H26N2O/c1-4-17-15-9-10-18(13(2)11-15)12-14-7-5-6-8-16(14)19-3/h5-8,13,15,17H,4,9-12H2,1-3H3.